The van der Waals surface area contributed by atoms with Crippen LogP contribution >= 0.6 is 12.1 Å². The molecule has 0 radical (unpaired) electrons. The molecule has 2 aromatic carbocycles. The third-order valence-corrected chi connectivity index (χ3v) is 7.57. The molecule has 4 heteroatoms. The van der Waals surface area contributed by atoms with Crippen molar-refractivity contribution in [3.05, 3.63) is 112 Å². The van der Waals surface area contributed by atoms with Crippen LogP contribution in [0.4, 0.5) is 3.89 Å². The average Bonchev–Trinajstić information content (AvgIpc) is 2.96. The Morgan fingerprint density at radius 2 is 1.60 bits per heavy atom. The standard InChI is InChI=1S/C20H31N.C13H16.C6H10FNS/c1-6-10-19(11-7-2)15-21-18(5)14-17(4)20-13-9-8-12-16(20)3;1-5-6-13-9-12(10(2)3)8-7-11(13)4;1-5(2)6(9-7)4-8-3/h8-9,12-14,19,21H,4,6-7,10-11,15H2,1-3,5H3;5-9H,2H2,1,3-4H3;4H,1-3H3/b18-14+;6-5-;. The molecule has 0 spiro atoms. The van der Waals surface area contributed by atoms with Crippen LogP contribution in [0.1, 0.15) is 102 Å². The van der Waals surface area contributed by atoms with E-state index in [4.69, 9.17) is 0 Å². The highest BCUT2D eigenvalue weighted by molar-refractivity contribution is 7.99. The van der Waals surface area contributed by atoms with E-state index in [1.54, 1.807) is 7.05 Å². The van der Waals surface area contributed by atoms with Gasteiger partial charge >= 0.3 is 0 Å². The fraction of sp³-hybridized carbons (Fsp3) is 0.410. The van der Waals surface area contributed by atoms with Crippen LogP contribution in [0.15, 0.2) is 88.9 Å². The molecule has 0 unspecified atom stereocenters. The third kappa shape index (κ3) is 16.9. The lowest BCUT2D eigenvalue weighted by Crippen LogP contribution is -2.21. The molecule has 0 saturated carbocycles. The van der Waals surface area contributed by atoms with E-state index in [0.717, 1.165) is 29.2 Å². The Balaban J connectivity index is 0.000000682. The van der Waals surface area contributed by atoms with E-state index < -0.39 is 0 Å². The molecule has 0 aliphatic rings. The van der Waals surface area contributed by atoms with Gasteiger partial charge < -0.3 is 5.32 Å². The van der Waals surface area contributed by atoms with Gasteiger partial charge in [-0.15, -0.1) is 0 Å². The second kappa shape index (κ2) is 23.4. The monoisotopic (exact) mass is 604 g/mol. The zero-order valence-corrected chi connectivity index (χ0v) is 29.4. The zero-order valence-electron chi connectivity index (χ0n) is 28.6. The normalized spacial score (nSPS) is 11.1. The first-order valence-corrected chi connectivity index (χ1v) is 16.1. The SMILES string of the molecule is C=C(/C=C(\C)NCC(CCC)CCC)c1ccccc1C.C=C(C)c1ccc(C)c(/C=C\C)c1.CN=CC(SF)=C(C)C. The van der Waals surface area contributed by atoms with Crippen molar-refractivity contribution in [3.63, 3.8) is 0 Å². The molecule has 43 heavy (non-hydrogen) atoms. The number of aryl methyl sites for hydroxylation is 2. The molecular formula is C39H57FN2S. The molecule has 0 aliphatic heterocycles. The summed E-state index contributed by atoms with van der Waals surface area (Å²) < 4.78 is 11.9. The number of nitrogens with zero attached hydrogens (tertiary/aromatic N) is 1. The summed E-state index contributed by atoms with van der Waals surface area (Å²) in [6, 6.07) is 14.8. The predicted octanol–water partition coefficient (Wildman–Crippen LogP) is 12.4. The lowest BCUT2D eigenvalue weighted by Gasteiger charge is -2.17. The number of aliphatic imine (C=N–C) groups is 1. The zero-order chi connectivity index (χ0) is 32.8. The fourth-order valence-electron chi connectivity index (χ4n) is 4.40. The molecule has 2 rings (SSSR count). The average molecular weight is 605 g/mol. The Bertz CT molecular complexity index is 1240. The van der Waals surface area contributed by atoms with Crippen LogP contribution in [0, 0.1) is 19.8 Å². The van der Waals surface area contributed by atoms with Crippen LogP contribution in [0.25, 0.3) is 17.2 Å². The van der Waals surface area contributed by atoms with Gasteiger partial charge in [-0.05, 0) is 113 Å². The summed E-state index contributed by atoms with van der Waals surface area (Å²) in [5, 5.41) is 3.57. The molecule has 236 valence electrons. The number of hydrogen-bond acceptors (Lipinski definition) is 3. The van der Waals surface area contributed by atoms with Crippen LogP contribution in [-0.4, -0.2) is 19.8 Å². The van der Waals surface area contributed by atoms with E-state index in [2.05, 4.69) is 119 Å². The number of hydrogen-bond donors (Lipinski definition) is 1. The summed E-state index contributed by atoms with van der Waals surface area (Å²) >= 11 is 0.233. The lowest BCUT2D eigenvalue weighted by molar-refractivity contribution is 0.425. The van der Waals surface area contributed by atoms with E-state index in [1.165, 1.54) is 65.4 Å². The van der Waals surface area contributed by atoms with Gasteiger partial charge in [0.25, 0.3) is 0 Å². The highest BCUT2D eigenvalue weighted by atomic mass is 32.2. The molecule has 0 amide bonds. The third-order valence-electron chi connectivity index (χ3n) is 6.89. The predicted molar refractivity (Wildman–Crippen MR) is 197 cm³/mol. The molecule has 2 aromatic rings. The minimum Gasteiger partial charge on any atom is -0.388 e. The second-order valence-corrected chi connectivity index (χ2v) is 11.8. The van der Waals surface area contributed by atoms with Gasteiger partial charge in [0.2, 0.25) is 0 Å². The smallest absolute Gasteiger partial charge is 0.0827 e. The Morgan fingerprint density at radius 1 is 0.977 bits per heavy atom. The summed E-state index contributed by atoms with van der Waals surface area (Å²) in [4.78, 5) is 4.28. The maximum atomic E-state index is 11.9. The van der Waals surface area contributed by atoms with Crippen LogP contribution in [0.5, 0.6) is 0 Å². The van der Waals surface area contributed by atoms with Crippen LogP contribution in [-0.2, 0) is 0 Å². The van der Waals surface area contributed by atoms with Crippen molar-refractivity contribution in [2.45, 2.75) is 88.0 Å². The number of halogens is 1. The Hall–Kier alpha value is -3.11. The molecule has 0 saturated heterocycles. The Kier molecular flexibility index (Phi) is 21.7. The maximum Gasteiger partial charge on any atom is 0.0827 e. The summed E-state index contributed by atoms with van der Waals surface area (Å²) in [6.07, 6.45) is 13.0. The van der Waals surface area contributed by atoms with E-state index >= 15 is 0 Å². The Labute approximate surface area is 268 Å². The van der Waals surface area contributed by atoms with Crippen molar-refractivity contribution in [3.8, 4) is 0 Å². The number of rotatable bonds is 13. The van der Waals surface area contributed by atoms with Crippen molar-refractivity contribution in [1.29, 1.82) is 0 Å². The van der Waals surface area contributed by atoms with E-state index in [0.29, 0.717) is 4.91 Å². The molecule has 0 aliphatic carbocycles. The number of nitrogens with one attached hydrogen (secondary N) is 1. The van der Waals surface area contributed by atoms with Gasteiger partial charge in [0.05, 0.1) is 17.1 Å². The number of benzene rings is 2. The minimum absolute atomic E-state index is 0.233. The highest BCUT2D eigenvalue weighted by Gasteiger charge is 2.07. The minimum atomic E-state index is 0.233. The van der Waals surface area contributed by atoms with E-state index in [1.807, 2.05) is 27.7 Å². The molecule has 0 heterocycles. The maximum absolute atomic E-state index is 11.9. The van der Waals surface area contributed by atoms with Gasteiger partial charge in [0.15, 0.2) is 0 Å². The quantitative estimate of drug-likeness (QED) is 0.182. The van der Waals surface area contributed by atoms with Crippen molar-refractivity contribution in [1.82, 2.24) is 5.32 Å². The molecule has 1 N–H and O–H groups in total. The first kappa shape index (κ1) is 39.9. The van der Waals surface area contributed by atoms with Crippen molar-refractivity contribution < 1.29 is 3.89 Å². The van der Waals surface area contributed by atoms with Crippen molar-refractivity contribution in [2.75, 3.05) is 13.6 Å². The Morgan fingerprint density at radius 3 is 2.07 bits per heavy atom. The summed E-state index contributed by atoms with van der Waals surface area (Å²) in [5.41, 5.74) is 10.7. The first-order valence-electron chi connectivity index (χ1n) is 15.4. The molecule has 0 atom stereocenters. The fourth-order valence-corrected chi connectivity index (χ4v) is 4.70. The van der Waals surface area contributed by atoms with Crippen LogP contribution in [0.3, 0.4) is 0 Å². The first-order chi connectivity index (χ1) is 20.4. The summed E-state index contributed by atoms with van der Waals surface area (Å²) in [5.74, 6) is 0.787. The van der Waals surface area contributed by atoms with Gasteiger partial charge in [0, 0.05) is 25.5 Å². The molecule has 0 fully saturated rings. The van der Waals surface area contributed by atoms with Gasteiger partial charge in [0.1, 0.15) is 0 Å². The second-order valence-electron chi connectivity index (χ2n) is 11.2. The summed E-state index contributed by atoms with van der Waals surface area (Å²) in [6.45, 7) is 27.9. The molecule has 0 aromatic heterocycles. The highest BCUT2D eigenvalue weighted by Crippen LogP contribution is 2.20. The van der Waals surface area contributed by atoms with Crippen LogP contribution in [0.2, 0.25) is 0 Å². The largest absolute Gasteiger partial charge is 0.388 e. The molecule has 2 nitrogen and oxygen atoms in total. The van der Waals surface area contributed by atoms with E-state index in [-0.39, 0.29) is 12.1 Å². The van der Waals surface area contributed by atoms with E-state index in [9.17, 15) is 3.89 Å². The van der Waals surface area contributed by atoms with Gasteiger partial charge in [-0.2, -0.15) is 3.89 Å². The van der Waals surface area contributed by atoms with Gasteiger partial charge in [-0.1, -0.05) is 99.5 Å². The van der Waals surface area contributed by atoms with Crippen LogP contribution < -0.4 is 5.32 Å². The lowest BCUT2D eigenvalue weighted by atomic mass is 9.98. The molecule has 0 bridgehead atoms. The van der Waals surface area contributed by atoms with Gasteiger partial charge in [-0.3, -0.25) is 4.99 Å². The van der Waals surface area contributed by atoms with Crippen molar-refractivity contribution in [2.24, 2.45) is 10.9 Å². The topological polar surface area (TPSA) is 24.4 Å². The summed E-state index contributed by atoms with van der Waals surface area (Å²) in [7, 11) is 1.62. The van der Waals surface area contributed by atoms with Gasteiger partial charge in [-0.25, -0.2) is 0 Å². The number of allylic oxidation sites excluding steroid dienone is 7. The molecular weight excluding hydrogens is 548 g/mol. The van der Waals surface area contributed by atoms with Crippen molar-refractivity contribution >= 4 is 35.6 Å².